The lowest BCUT2D eigenvalue weighted by Gasteiger charge is -2.33. The predicted molar refractivity (Wildman–Crippen MR) is 56.9 cm³/mol. The van der Waals surface area contributed by atoms with Gasteiger partial charge in [0.25, 0.3) is 5.91 Å². The Morgan fingerprint density at radius 1 is 1.13 bits per heavy atom. The Balaban J connectivity index is 2.44. The Hall–Kier alpha value is -1.50. The Labute approximate surface area is 90.2 Å². The molecule has 0 saturated carbocycles. The summed E-state index contributed by atoms with van der Waals surface area (Å²) >= 11 is 0. The van der Waals surface area contributed by atoms with Gasteiger partial charge in [-0.3, -0.25) is 9.59 Å². The van der Waals surface area contributed by atoms with Crippen molar-refractivity contribution in [2.24, 2.45) is 0 Å². The van der Waals surface area contributed by atoms with Gasteiger partial charge in [-0.05, 0) is 12.8 Å². The van der Waals surface area contributed by atoms with Gasteiger partial charge in [0.15, 0.2) is 0 Å². The standard InChI is InChI=1S/C11H16N2O2/c1-3-5-11(15)13-8-6-12(7-9-13)10(14)4-2/h4,6-9H2,1-2H3. The molecule has 0 aliphatic carbocycles. The van der Waals surface area contributed by atoms with Crippen molar-refractivity contribution in [3.63, 3.8) is 0 Å². The number of piperazine rings is 1. The third-order valence-electron chi connectivity index (χ3n) is 2.45. The molecular formula is C11H16N2O2. The van der Waals surface area contributed by atoms with E-state index in [1.165, 1.54) is 0 Å². The monoisotopic (exact) mass is 208 g/mol. The topological polar surface area (TPSA) is 40.6 Å². The van der Waals surface area contributed by atoms with Gasteiger partial charge in [-0.1, -0.05) is 12.8 Å². The van der Waals surface area contributed by atoms with E-state index in [2.05, 4.69) is 11.8 Å². The Morgan fingerprint density at radius 3 is 2.13 bits per heavy atom. The highest BCUT2D eigenvalue weighted by atomic mass is 16.2. The van der Waals surface area contributed by atoms with Crippen LogP contribution in [0.2, 0.25) is 0 Å². The van der Waals surface area contributed by atoms with Crippen LogP contribution in [-0.4, -0.2) is 47.8 Å². The molecule has 1 saturated heterocycles. The summed E-state index contributed by atoms with van der Waals surface area (Å²) in [6.45, 7) is 5.95. The fourth-order valence-electron chi connectivity index (χ4n) is 1.57. The van der Waals surface area contributed by atoms with Gasteiger partial charge in [-0.2, -0.15) is 0 Å². The lowest BCUT2D eigenvalue weighted by molar-refractivity contribution is -0.136. The molecule has 0 atom stereocenters. The summed E-state index contributed by atoms with van der Waals surface area (Å²) < 4.78 is 0. The number of amides is 2. The maximum Gasteiger partial charge on any atom is 0.298 e. The van der Waals surface area contributed by atoms with Crippen molar-refractivity contribution in [2.75, 3.05) is 26.2 Å². The van der Waals surface area contributed by atoms with Crippen molar-refractivity contribution in [1.82, 2.24) is 9.80 Å². The molecule has 1 heterocycles. The zero-order chi connectivity index (χ0) is 11.3. The summed E-state index contributed by atoms with van der Waals surface area (Å²) in [6.07, 6.45) is 0.530. The summed E-state index contributed by atoms with van der Waals surface area (Å²) in [5, 5.41) is 0. The second-order valence-electron chi connectivity index (χ2n) is 3.40. The van der Waals surface area contributed by atoms with Crippen molar-refractivity contribution in [2.45, 2.75) is 20.3 Å². The van der Waals surface area contributed by atoms with Crippen LogP contribution in [0.25, 0.3) is 0 Å². The number of hydrogen-bond acceptors (Lipinski definition) is 2. The normalized spacial score (nSPS) is 15.6. The van der Waals surface area contributed by atoms with E-state index in [0.717, 1.165) is 0 Å². The highest BCUT2D eigenvalue weighted by Gasteiger charge is 2.21. The number of carbonyl (C=O) groups is 2. The lowest BCUT2D eigenvalue weighted by Crippen LogP contribution is -2.50. The molecule has 1 aliphatic rings. The molecule has 0 aromatic rings. The molecule has 0 unspecified atom stereocenters. The molecule has 4 nitrogen and oxygen atoms in total. The van der Waals surface area contributed by atoms with Crippen LogP contribution in [0.1, 0.15) is 20.3 Å². The van der Waals surface area contributed by atoms with Crippen LogP contribution in [0.4, 0.5) is 0 Å². The molecule has 0 aromatic carbocycles. The zero-order valence-electron chi connectivity index (χ0n) is 9.25. The molecule has 1 fully saturated rings. The first kappa shape index (κ1) is 11.6. The minimum Gasteiger partial charge on any atom is -0.339 e. The number of carbonyl (C=O) groups excluding carboxylic acids is 2. The first-order valence-electron chi connectivity index (χ1n) is 5.18. The summed E-state index contributed by atoms with van der Waals surface area (Å²) in [5.74, 6) is 5.11. The highest BCUT2D eigenvalue weighted by molar-refractivity contribution is 5.93. The average molecular weight is 208 g/mol. The highest BCUT2D eigenvalue weighted by Crippen LogP contribution is 2.03. The van der Waals surface area contributed by atoms with Crippen molar-refractivity contribution in [1.29, 1.82) is 0 Å². The largest absolute Gasteiger partial charge is 0.339 e. The third-order valence-corrected chi connectivity index (χ3v) is 2.45. The van der Waals surface area contributed by atoms with Crippen molar-refractivity contribution in [3.05, 3.63) is 0 Å². The zero-order valence-corrected chi connectivity index (χ0v) is 9.25. The van der Waals surface area contributed by atoms with Gasteiger partial charge < -0.3 is 9.80 Å². The van der Waals surface area contributed by atoms with E-state index in [1.54, 1.807) is 16.7 Å². The van der Waals surface area contributed by atoms with E-state index < -0.39 is 0 Å². The van der Waals surface area contributed by atoms with E-state index in [0.29, 0.717) is 32.6 Å². The smallest absolute Gasteiger partial charge is 0.298 e. The molecule has 4 heteroatoms. The van der Waals surface area contributed by atoms with Crippen LogP contribution >= 0.6 is 0 Å². The minimum atomic E-state index is -0.138. The van der Waals surface area contributed by atoms with E-state index >= 15 is 0 Å². The van der Waals surface area contributed by atoms with Crippen LogP contribution in [0.3, 0.4) is 0 Å². The van der Waals surface area contributed by atoms with Gasteiger partial charge in [-0.15, -0.1) is 0 Å². The molecule has 2 amide bonds. The molecule has 0 bridgehead atoms. The number of nitrogens with zero attached hydrogens (tertiary/aromatic N) is 2. The molecule has 0 radical (unpaired) electrons. The Morgan fingerprint density at radius 2 is 1.67 bits per heavy atom. The summed E-state index contributed by atoms with van der Waals surface area (Å²) in [6, 6.07) is 0. The van der Waals surface area contributed by atoms with Crippen molar-refractivity contribution < 1.29 is 9.59 Å². The second kappa shape index (κ2) is 5.40. The summed E-state index contributed by atoms with van der Waals surface area (Å²) in [7, 11) is 0. The maximum absolute atomic E-state index is 11.4. The van der Waals surface area contributed by atoms with Gasteiger partial charge in [-0.25, -0.2) is 0 Å². The lowest BCUT2D eigenvalue weighted by atomic mass is 10.3. The molecule has 82 valence electrons. The van der Waals surface area contributed by atoms with E-state index in [-0.39, 0.29) is 11.8 Å². The van der Waals surface area contributed by atoms with Gasteiger partial charge in [0, 0.05) is 32.6 Å². The van der Waals surface area contributed by atoms with Crippen LogP contribution < -0.4 is 0 Å². The quantitative estimate of drug-likeness (QED) is 0.573. The first-order chi connectivity index (χ1) is 7.19. The van der Waals surface area contributed by atoms with Gasteiger partial charge in [0.2, 0.25) is 5.91 Å². The summed E-state index contributed by atoms with van der Waals surface area (Å²) in [5.41, 5.74) is 0. The Kier molecular flexibility index (Phi) is 4.17. The van der Waals surface area contributed by atoms with Crippen LogP contribution in [-0.2, 0) is 9.59 Å². The minimum absolute atomic E-state index is 0.138. The van der Waals surface area contributed by atoms with Crippen molar-refractivity contribution in [3.8, 4) is 11.8 Å². The van der Waals surface area contributed by atoms with E-state index in [9.17, 15) is 9.59 Å². The molecule has 0 spiro atoms. The van der Waals surface area contributed by atoms with Gasteiger partial charge in [0.05, 0.1) is 0 Å². The van der Waals surface area contributed by atoms with Crippen LogP contribution in [0.15, 0.2) is 0 Å². The number of hydrogen-bond donors (Lipinski definition) is 0. The fraction of sp³-hybridized carbons (Fsp3) is 0.636. The van der Waals surface area contributed by atoms with Gasteiger partial charge >= 0.3 is 0 Å². The molecule has 0 aromatic heterocycles. The molecule has 1 rings (SSSR count). The molecule has 1 aliphatic heterocycles. The molecule has 15 heavy (non-hydrogen) atoms. The number of rotatable bonds is 1. The summed E-state index contributed by atoms with van der Waals surface area (Å²) in [4.78, 5) is 26.2. The average Bonchev–Trinajstić information content (AvgIpc) is 2.28. The first-order valence-corrected chi connectivity index (χ1v) is 5.18. The van der Waals surface area contributed by atoms with E-state index in [4.69, 9.17) is 0 Å². The van der Waals surface area contributed by atoms with Crippen LogP contribution in [0, 0.1) is 11.8 Å². The fourth-order valence-corrected chi connectivity index (χ4v) is 1.57. The Bertz CT molecular complexity index is 306. The maximum atomic E-state index is 11.4. The molecule has 0 N–H and O–H groups in total. The third kappa shape index (κ3) is 2.98. The van der Waals surface area contributed by atoms with Gasteiger partial charge in [0.1, 0.15) is 0 Å². The van der Waals surface area contributed by atoms with Crippen molar-refractivity contribution >= 4 is 11.8 Å². The predicted octanol–water partition coefficient (Wildman–Crippen LogP) is 0.0905. The SMILES string of the molecule is CC#CC(=O)N1CCN(C(=O)CC)CC1. The molecular weight excluding hydrogens is 192 g/mol. The second-order valence-corrected chi connectivity index (χ2v) is 3.40. The van der Waals surface area contributed by atoms with E-state index in [1.807, 2.05) is 6.92 Å². The van der Waals surface area contributed by atoms with Crippen LogP contribution in [0.5, 0.6) is 0 Å².